The first-order valence-electron chi connectivity index (χ1n) is 11.0. The molecule has 0 aliphatic heterocycles. The predicted octanol–water partition coefficient (Wildman–Crippen LogP) is 2.52. The van der Waals surface area contributed by atoms with Gasteiger partial charge in [0.1, 0.15) is 6.23 Å². The molecule has 8 heteroatoms. The van der Waals surface area contributed by atoms with E-state index in [1.807, 2.05) is 18.2 Å². The number of aliphatic hydroxyl groups excluding tert-OH is 1. The van der Waals surface area contributed by atoms with Crippen LogP contribution < -0.4 is 16.4 Å². The van der Waals surface area contributed by atoms with Crippen LogP contribution in [0.25, 0.3) is 0 Å². The zero-order chi connectivity index (χ0) is 21.8. The summed E-state index contributed by atoms with van der Waals surface area (Å²) in [7, 11) is 0. The van der Waals surface area contributed by atoms with Gasteiger partial charge in [-0.25, -0.2) is 0 Å². The number of nitrogens with zero attached hydrogens (tertiary/aromatic N) is 3. The summed E-state index contributed by atoms with van der Waals surface area (Å²) in [6.07, 6.45) is 5.92. The molecule has 4 rings (SSSR count). The van der Waals surface area contributed by atoms with E-state index in [1.54, 1.807) is 10.9 Å². The molecule has 1 aromatic heterocycles. The minimum absolute atomic E-state index is 0.0205. The van der Waals surface area contributed by atoms with Gasteiger partial charge < -0.3 is 21.5 Å². The fraction of sp³-hybridized carbons (Fsp3) is 0.522. The average Bonchev–Trinajstić information content (AvgIpc) is 3.54. The molecule has 164 valence electrons. The van der Waals surface area contributed by atoms with Crippen molar-refractivity contribution in [1.29, 1.82) is 5.26 Å². The molecule has 1 aromatic carbocycles. The lowest BCUT2D eigenvalue weighted by atomic mass is 9.77. The topological polar surface area (TPSA) is 129 Å². The number of aliphatic hydroxyl groups is 1. The third-order valence-corrected chi connectivity index (χ3v) is 6.50. The molecule has 0 saturated heterocycles. The standard InChI is InChI=1S/C23H30N6O2/c24-13-12-23(10-8-18(9-11-23)26-14-16-4-2-1-3-5-16)29-15-19(20(25)30)21(28-29)27-22(31)17-6-7-17/h1-5,15,17-18,20,26,30H,6-12,14,25H2,(H,27,28,31)/t18-,20?,23-. The second kappa shape index (κ2) is 9.18. The van der Waals surface area contributed by atoms with Crippen LogP contribution in [-0.4, -0.2) is 26.8 Å². The molecule has 1 heterocycles. The maximum Gasteiger partial charge on any atom is 0.228 e. The van der Waals surface area contributed by atoms with Gasteiger partial charge in [0.05, 0.1) is 23.6 Å². The molecular weight excluding hydrogens is 392 g/mol. The van der Waals surface area contributed by atoms with E-state index in [0.29, 0.717) is 23.8 Å². The lowest BCUT2D eigenvalue weighted by Crippen LogP contribution is -2.43. The lowest BCUT2D eigenvalue weighted by Gasteiger charge is -2.39. The Bertz CT molecular complexity index is 937. The van der Waals surface area contributed by atoms with Gasteiger partial charge in [0.25, 0.3) is 0 Å². The molecule has 0 radical (unpaired) electrons. The van der Waals surface area contributed by atoms with Gasteiger partial charge >= 0.3 is 0 Å². The molecule has 1 unspecified atom stereocenters. The predicted molar refractivity (Wildman–Crippen MR) is 116 cm³/mol. The highest BCUT2D eigenvalue weighted by atomic mass is 16.3. The van der Waals surface area contributed by atoms with E-state index in [-0.39, 0.29) is 11.8 Å². The van der Waals surface area contributed by atoms with Crippen molar-refractivity contribution in [3.63, 3.8) is 0 Å². The Balaban J connectivity index is 1.47. The van der Waals surface area contributed by atoms with Crippen LogP contribution in [0.1, 0.15) is 62.3 Å². The zero-order valence-electron chi connectivity index (χ0n) is 17.6. The Hall–Kier alpha value is -2.73. The van der Waals surface area contributed by atoms with Crippen LogP contribution in [0.4, 0.5) is 5.82 Å². The van der Waals surface area contributed by atoms with Gasteiger partial charge in [0.2, 0.25) is 5.91 Å². The van der Waals surface area contributed by atoms with Crippen LogP contribution in [0, 0.1) is 17.2 Å². The van der Waals surface area contributed by atoms with Gasteiger partial charge in [-0.1, -0.05) is 30.3 Å². The number of carbonyl (C=O) groups excluding carboxylic acids is 1. The molecule has 1 amide bonds. The Morgan fingerprint density at radius 3 is 2.61 bits per heavy atom. The molecule has 0 spiro atoms. The Labute approximate surface area is 182 Å². The van der Waals surface area contributed by atoms with Crippen molar-refractivity contribution < 1.29 is 9.90 Å². The third kappa shape index (κ3) is 4.96. The summed E-state index contributed by atoms with van der Waals surface area (Å²) in [4.78, 5) is 12.2. The Morgan fingerprint density at radius 1 is 1.29 bits per heavy atom. The first kappa shape index (κ1) is 21.5. The number of nitriles is 1. The molecule has 2 aromatic rings. The summed E-state index contributed by atoms with van der Waals surface area (Å²) >= 11 is 0. The van der Waals surface area contributed by atoms with Gasteiger partial charge in [-0.05, 0) is 44.1 Å². The minimum Gasteiger partial charge on any atom is -0.374 e. The highest BCUT2D eigenvalue weighted by molar-refractivity contribution is 5.93. The normalized spacial score (nSPS) is 24.4. The molecule has 31 heavy (non-hydrogen) atoms. The third-order valence-electron chi connectivity index (χ3n) is 6.50. The molecule has 2 aliphatic carbocycles. The maximum absolute atomic E-state index is 12.2. The molecule has 2 saturated carbocycles. The van der Waals surface area contributed by atoms with Crippen molar-refractivity contribution >= 4 is 11.7 Å². The van der Waals surface area contributed by atoms with Gasteiger partial charge in [-0.3, -0.25) is 9.48 Å². The first-order chi connectivity index (χ1) is 15.0. The number of hydrogen-bond acceptors (Lipinski definition) is 6. The van der Waals surface area contributed by atoms with Crippen molar-refractivity contribution in [2.75, 3.05) is 5.32 Å². The smallest absolute Gasteiger partial charge is 0.228 e. The quantitative estimate of drug-likeness (QED) is 0.484. The van der Waals surface area contributed by atoms with Crippen molar-refractivity contribution in [1.82, 2.24) is 15.1 Å². The number of nitrogens with one attached hydrogen (secondary N) is 2. The number of carbonyl (C=O) groups is 1. The van der Waals surface area contributed by atoms with Crippen molar-refractivity contribution in [3.8, 4) is 6.07 Å². The van der Waals surface area contributed by atoms with Crippen LogP contribution >= 0.6 is 0 Å². The zero-order valence-corrected chi connectivity index (χ0v) is 17.6. The van der Waals surface area contributed by atoms with Crippen LogP contribution in [0.3, 0.4) is 0 Å². The van der Waals surface area contributed by atoms with Crippen molar-refractivity contribution in [2.45, 2.75) is 69.3 Å². The van der Waals surface area contributed by atoms with Crippen LogP contribution in [0.2, 0.25) is 0 Å². The minimum atomic E-state index is -1.24. The van der Waals surface area contributed by atoms with E-state index in [1.165, 1.54) is 5.56 Å². The Kier molecular flexibility index (Phi) is 6.37. The van der Waals surface area contributed by atoms with Gasteiger partial charge in [0, 0.05) is 24.7 Å². The van der Waals surface area contributed by atoms with E-state index < -0.39 is 11.8 Å². The Morgan fingerprint density at radius 2 is 2.00 bits per heavy atom. The SMILES string of the molecule is N#CC[C@]1(n2cc(C(N)O)c(NC(=O)C3CC3)n2)CC[C@H](NCc2ccccc2)CC1. The fourth-order valence-corrected chi connectivity index (χ4v) is 4.36. The van der Waals surface area contributed by atoms with Crippen LogP contribution in [0.5, 0.6) is 0 Å². The first-order valence-corrected chi connectivity index (χ1v) is 11.0. The van der Waals surface area contributed by atoms with Gasteiger partial charge in [0.15, 0.2) is 5.82 Å². The molecule has 0 bridgehead atoms. The van der Waals surface area contributed by atoms with E-state index in [2.05, 4.69) is 33.9 Å². The van der Waals surface area contributed by atoms with Gasteiger partial charge in [-0.2, -0.15) is 10.4 Å². The fourth-order valence-electron chi connectivity index (χ4n) is 4.36. The molecular formula is C23H30N6O2. The summed E-state index contributed by atoms with van der Waals surface area (Å²) in [5.74, 6) is 0.232. The van der Waals surface area contributed by atoms with Crippen molar-refractivity contribution in [3.05, 3.63) is 47.7 Å². The van der Waals surface area contributed by atoms with E-state index >= 15 is 0 Å². The van der Waals surface area contributed by atoms with Crippen LogP contribution in [0.15, 0.2) is 36.5 Å². The summed E-state index contributed by atoms with van der Waals surface area (Å²) < 4.78 is 1.76. The number of nitrogens with two attached hydrogens (primary N) is 1. The molecule has 2 aliphatic rings. The van der Waals surface area contributed by atoms with E-state index in [9.17, 15) is 15.2 Å². The number of anilines is 1. The largest absolute Gasteiger partial charge is 0.374 e. The summed E-state index contributed by atoms with van der Waals surface area (Å²) in [6, 6.07) is 13.0. The summed E-state index contributed by atoms with van der Waals surface area (Å²) in [6.45, 7) is 0.819. The second-order valence-electron chi connectivity index (χ2n) is 8.79. The summed E-state index contributed by atoms with van der Waals surface area (Å²) in [5.41, 5.74) is 6.90. The van der Waals surface area contributed by atoms with E-state index in [0.717, 1.165) is 45.1 Å². The molecule has 8 nitrogen and oxygen atoms in total. The highest BCUT2D eigenvalue weighted by Gasteiger charge is 2.39. The lowest BCUT2D eigenvalue weighted by molar-refractivity contribution is -0.117. The number of hydrogen-bond donors (Lipinski definition) is 4. The average molecular weight is 423 g/mol. The molecule has 1 atom stereocenters. The monoisotopic (exact) mass is 422 g/mol. The number of rotatable bonds is 8. The maximum atomic E-state index is 12.2. The van der Waals surface area contributed by atoms with Crippen LogP contribution in [-0.2, 0) is 16.9 Å². The summed E-state index contributed by atoms with van der Waals surface area (Å²) in [5, 5.41) is 30.6. The molecule has 2 fully saturated rings. The van der Waals surface area contributed by atoms with E-state index in [4.69, 9.17) is 5.73 Å². The van der Waals surface area contributed by atoms with Gasteiger partial charge in [-0.15, -0.1) is 0 Å². The van der Waals surface area contributed by atoms with Crippen molar-refractivity contribution in [2.24, 2.45) is 11.7 Å². The number of benzene rings is 1. The second-order valence-corrected chi connectivity index (χ2v) is 8.79. The highest BCUT2D eigenvalue weighted by Crippen LogP contribution is 2.39. The number of amides is 1. The molecule has 5 N–H and O–H groups in total. The number of aromatic nitrogens is 2.